The normalized spacial score (nSPS) is 25.4. The summed E-state index contributed by atoms with van der Waals surface area (Å²) in [5.74, 6) is -0.339. The van der Waals surface area contributed by atoms with Crippen molar-refractivity contribution in [2.24, 2.45) is 0 Å². The molecule has 0 spiro atoms. The zero-order chi connectivity index (χ0) is 23.0. The van der Waals surface area contributed by atoms with Gasteiger partial charge >= 0.3 is 6.09 Å². The Morgan fingerprint density at radius 3 is 2.66 bits per heavy atom. The molecule has 172 valence electrons. The van der Waals surface area contributed by atoms with Crippen molar-refractivity contribution in [2.45, 2.75) is 83.2 Å². The molecule has 1 saturated carbocycles. The average Bonchev–Trinajstić information content (AvgIpc) is 3.24. The highest BCUT2D eigenvalue weighted by Crippen LogP contribution is 2.32. The van der Waals surface area contributed by atoms with Crippen LogP contribution in [0.25, 0.3) is 0 Å². The number of nitrogens with one attached hydrogen (secondary N) is 2. The van der Waals surface area contributed by atoms with Crippen molar-refractivity contribution in [3.8, 4) is 5.75 Å². The molecule has 2 heterocycles. The van der Waals surface area contributed by atoms with E-state index in [9.17, 15) is 19.2 Å². The van der Waals surface area contributed by atoms with Gasteiger partial charge in [0, 0.05) is 18.5 Å². The fraction of sp³-hybridized carbons (Fsp3) is 0.565. The number of piperidine rings is 1. The largest absolute Gasteiger partial charge is 0.488 e. The summed E-state index contributed by atoms with van der Waals surface area (Å²) in [5, 5.41) is 5.21. The predicted octanol–water partition coefficient (Wildman–Crippen LogP) is 2.27. The number of hydrogen-bond donors (Lipinski definition) is 2. The highest BCUT2D eigenvalue weighted by Gasteiger charge is 2.39. The molecular weight excluding hydrogens is 414 g/mol. The van der Waals surface area contributed by atoms with E-state index in [0.29, 0.717) is 24.3 Å². The van der Waals surface area contributed by atoms with Gasteiger partial charge in [0.1, 0.15) is 23.5 Å². The molecule has 0 radical (unpaired) electrons. The number of hydrogen-bond acceptors (Lipinski definition) is 6. The lowest BCUT2D eigenvalue weighted by Gasteiger charge is -2.29. The lowest BCUT2D eigenvalue weighted by Crippen LogP contribution is -2.52. The molecule has 1 aliphatic carbocycles. The molecule has 1 aromatic rings. The summed E-state index contributed by atoms with van der Waals surface area (Å²) < 4.78 is 11.5. The van der Waals surface area contributed by atoms with E-state index in [1.165, 1.54) is 4.90 Å². The number of fused-ring (bicyclic) bond motifs is 1. The summed E-state index contributed by atoms with van der Waals surface area (Å²) in [7, 11) is 0. The molecule has 4 amide bonds. The van der Waals surface area contributed by atoms with Crippen LogP contribution in [0.4, 0.5) is 4.79 Å². The molecule has 1 unspecified atom stereocenters. The van der Waals surface area contributed by atoms with Gasteiger partial charge in [-0.25, -0.2) is 4.79 Å². The smallest absolute Gasteiger partial charge is 0.408 e. The van der Waals surface area contributed by atoms with E-state index in [2.05, 4.69) is 10.6 Å². The summed E-state index contributed by atoms with van der Waals surface area (Å²) >= 11 is 0. The fourth-order valence-electron chi connectivity index (χ4n) is 4.49. The van der Waals surface area contributed by atoms with Gasteiger partial charge in [-0.1, -0.05) is 0 Å². The molecule has 1 saturated heterocycles. The van der Waals surface area contributed by atoms with Crippen LogP contribution in [0.2, 0.25) is 0 Å². The van der Waals surface area contributed by atoms with Crippen LogP contribution in [0, 0.1) is 0 Å². The third-order valence-corrected chi connectivity index (χ3v) is 5.94. The van der Waals surface area contributed by atoms with Crippen molar-refractivity contribution in [2.75, 3.05) is 0 Å². The number of nitrogens with zero attached hydrogens (tertiary/aromatic N) is 1. The third kappa shape index (κ3) is 4.71. The SMILES string of the molecule is CC(C)(C)OC(=O)N[C@H]1CCC[C@@H]1Oc1ccc2c(c1)CN(C1CCC(=O)NC1=O)C2=O. The van der Waals surface area contributed by atoms with Gasteiger partial charge in [-0.3, -0.25) is 19.7 Å². The Morgan fingerprint density at radius 1 is 1.16 bits per heavy atom. The first kappa shape index (κ1) is 22.1. The van der Waals surface area contributed by atoms with Gasteiger partial charge in [0.05, 0.1) is 6.04 Å². The van der Waals surface area contributed by atoms with E-state index < -0.39 is 23.6 Å². The van der Waals surface area contributed by atoms with E-state index in [1.807, 2.05) is 26.8 Å². The molecule has 4 rings (SSSR count). The summed E-state index contributed by atoms with van der Waals surface area (Å²) in [6.07, 6.45) is 2.43. The Labute approximate surface area is 186 Å². The number of carbonyl (C=O) groups is 4. The molecule has 2 fully saturated rings. The van der Waals surface area contributed by atoms with Gasteiger partial charge in [0.25, 0.3) is 5.91 Å². The summed E-state index contributed by atoms with van der Waals surface area (Å²) in [4.78, 5) is 50.1. The number of imide groups is 1. The maximum absolute atomic E-state index is 12.8. The number of carbonyl (C=O) groups excluding carboxylic acids is 4. The maximum Gasteiger partial charge on any atom is 0.408 e. The minimum absolute atomic E-state index is 0.153. The van der Waals surface area contributed by atoms with Gasteiger partial charge in [-0.15, -0.1) is 0 Å². The van der Waals surface area contributed by atoms with Gasteiger partial charge in [-0.05, 0) is 70.2 Å². The third-order valence-electron chi connectivity index (χ3n) is 5.94. The monoisotopic (exact) mass is 443 g/mol. The first-order valence-corrected chi connectivity index (χ1v) is 11.0. The Balaban J connectivity index is 1.41. The molecule has 3 atom stereocenters. The second kappa shape index (κ2) is 8.44. The maximum atomic E-state index is 12.8. The summed E-state index contributed by atoms with van der Waals surface area (Å²) in [6, 6.07) is 4.48. The van der Waals surface area contributed by atoms with Crippen LogP contribution in [0.1, 0.15) is 68.8 Å². The molecule has 0 aromatic heterocycles. The molecule has 2 N–H and O–H groups in total. The highest BCUT2D eigenvalue weighted by atomic mass is 16.6. The summed E-state index contributed by atoms with van der Waals surface area (Å²) in [5.41, 5.74) is 0.753. The molecule has 2 aliphatic heterocycles. The number of ether oxygens (including phenoxy) is 2. The Hall–Kier alpha value is -3.10. The quantitative estimate of drug-likeness (QED) is 0.690. The number of alkyl carbamates (subject to hydrolysis) is 1. The zero-order valence-electron chi connectivity index (χ0n) is 18.6. The molecule has 1 aromatic carbocycles. The number of amides is 4. The molecule has 9 nitrogen and oxygen atoms in total. The molecule has 32 heavy (non-hydrogen) atoms. The molecular formula is C23H29N3O6. The van der Waals surface area contributed by atoms with Crippen molar-refractivity contribution in [1.29, 1.82) is 0 Å². The van der Waals surface area contributed by atoms with Crippen LogP contribution >= 0.6 is 0 Å². The van der Waals surface area contributed by atoms with Crippen molar-refractivity contribution in [1.82, 2.24) is 15.5 Å². The topological polar surface area (TPSA) is 114 Å². The van der Waals surface area contributed by atoms with Gasteiger partial charge in [0.15, 0.2) is 0 Å². The van der Waals surface area contributed by atoms with Crippen LogP contribution < -0.4 is 15.4 Å². The second-order valence-electron chi connectivity index (χ2n) is 9.56. The Kier molecular flexibility index (Phi) is 5.83. The zero-order valence-corrected chi connectivity index (χ0v) is 18.6. The van der Waals surface area contributed by atoms with Crippen LogP contribution in [0.15, 0.2) is 18.2 Å². The Bertz CT molecular complexity index is 954. The van der Waals surface area contributed by atoms with E-state index in [1.54, 1.807) is 12.1 Å². The van der Waals surface area contributed by atoms with E-state index in [-0.39, 0.29) is 30.4 Å². The van der Waals surface area contributed by atoms with Crippen LogP contribution in [-0.4, -0.2) is 52.5 Å². The molecule has 0 bridgehead atoms. The van der Waals surface area contributed by atoms with Crippen molar-refractivity contribution in [3.05, 3.63) is 29.3 Å². The van der Waals surface area contributed by atoms with E-state index in [0.717, 1.165) is 24.8 Å². The highest BCUT2D eigenvalue weighted by molar-refractivity contribution is 6.05. The molecule has 3 aliphatic rings. The van der Waals surface area contributed by atoms with Crippen LogP contribution in [0.3, 0.4) is 0 Å². The number of benzene rings is 1. The molecule has 9 heteroatoms. The lowest BCUT2D eigenvalue weighted by atomic mass is 10.0. The van der Waals surface area contributed by atoms with Crippen molar-refractivity contribution in [3.63, 3.8) is 0 Å². The van der Waals surface area contributed by atoms with Gasteiger partial charge in [0.2, 0.25) is 11.8 Å². The minimum atomic E-state index is -0.644. The van der Waals surface area contributed by atoms with Crippen LogP contribution in [0.5, 0.6) is 5.75 Å². The van der Waals surface area contributed by atoms with Crippen molar-refractivity contribution >= 4 is 23.8 Å². The Morgan fingerprint density at radius 2 is 1.94 bits per heavy atom. The first-order valence-electron chi connectivity index (χ1n) is 11.0. The summed E-state index contributed by atoms with van der Waals surface area (Å²) in [6.45, 7) is 5.75. The fourth-order valence-corrected chi connectivity index (χ4v) is 4.49. The average molecular weight is 444 g/mol. The van der Waals surface area contributed by atoms with E-state index >= 15 is 0 Å². The van der Waals surface area contributed by atoms with E-state index in [4.69, 9.17) is 9.47 Å². The predicted molar refractivity (Wildman–Crippen MR) is 114 cm³/mol. The minimum Gasteiger partial charge on any atom is -0.488 e. The standard InChI is InChI=1S/C23H29N3O6/c1-23(2,3)32-22(30)24-16-5-4-6-18(16)31-14-7-8-15-13(11-14)12-26(21(15)29)17-9-10-19(27)25-20(17)28/h7-8,11,16-18H,4-6,9-10,12H2,1-3H3,(H,24,30)(H,25,27,28)/t16-,17?,18-/m0/s1. The second-order valence-corrected chi connectivity index (χ2v) is 9.56. The lowest BCUT2D eigenvalue weighted by molar-refractivity contribution is -0.136. The number of rotatable bonds is 4. The van der Waals surface area contributed by atoms with Crippen LogP contribution in [-0.2, 0) is 20.9 Å². The first-order chi connectivity index (χ1) is 15.1. The van der Waals surface area contributed by atoms with Gasteiger partial charge < -0.3 is 19.7 Å². The van der Waals surface area contributed by atoms with Gasteiger partial charge in [-0.2, -0.15) is 0 Å². The van der Waals surface area contributed by atoms with Crippen molar-refractivity contribution < 1.29 is 28.7 Å².